The number of nitrogens with zero attached hydrogens (tertiary/aromatic N) is 3. The van der Waals surface area contributed by atoms with Gasteiger partial charge in [-0.3, -0.25) is 4.79 Å². The van der Waals surface area contributed by atoms with Crippen LogP contribution in [0.1, 0.15) is 23.2 Å². The van der Waals surface area contributed by atoms with Crippen LogP contribution in [0.4, 0.5) is 5.82 Å². The van der Waals surface area contributed by atoms with Gasteiger partial charge in [-0.15, -0.1) is 5.10 Å². The van der Waals surface area contributed by atoms with Gasteiger partial charge < -0.3 is 16.0 Å². The zero-order valence-corrected chi connectivity index (χ0v) is 12.5. The first-order valence-electron chi connectivity index (χ1n) is 5.93. The van der Waals surface area contributed by atoms with Crippen molar-refractivity contribution in [2.75, 3.05) is 25.5 Å². The number of carbonyl (C=O) groups is 1. The molecule has 1 heterocycles. The molecule has 104 valence electrons. The number of rotatable bonds is 5. The predicted octanol–water partition coefficient (Wildman–Crippen LogP) is 0.300. The maximum atomic E-state index is 11.3. The van der Waals surface area contributed by atoms with Gasteiger partial charge in [0.2, 0.25) is 5.91 Å². The first kappa shape index (κ1) is 15.3. The van der Waals surface area contributed by atoms with Crippen LogP contribution in [-0.4, -0.2) is 41.7 Å². The highest BCUT2D eigenvalue weighted by Crippen LogP contribution is 2.21. The summed E-state index contributed by atoms with van der Waals surface area (Å²) in [4.78, 5) is 13.4. The van der Waals surface area contributed by atoms with E-state index in [0.717, 1.165) is 16.8 Å². The molecule has 0 fully saturated rings. The summed E-state index contributed by atoms with van der Waals surface area (Å²) in [6.45, 7) is 4.29. The molecule has 0 radical (unpaired) electrons. The van der Waals surface area contributed by atoms with Gasteiger partial charge >= 0.3 is 0 Å². The van der Waals surface area contributed by atoms with E-state index in [1.165, 1.54) is 0 Å². The number of thiocarbonyl (C=S) groups is 1. The number of amides is 1. The van der Waals surface area contributed by atoms with Crippen molar-refractivity contribution in [3.63, 3.8) is 0 Å². The molecule has 0 bridgehead atoms. The largest absolute Gasteiger partial charge is 0.389 e. The number of hydrogen-bond donors (Lipinski definition) is 2. The molecule has 1 aromatic heterocycles. The molecule has 0 atom stereocenters. The molecule has 0 aliphatic carbocycles. The third-order valence-electron chi connectivity index (χ3n) is 3.00. The third kappa shape index (κ3) is 3.60. The quantitative estimate of drug-likeness (QED) is 0.755. The van der Waals surface area contributed by atoms with E-state index in [-0.39, 0.29) is 10.9 Å². The van der Waals surface area contributed by atoms with Crippen molar-refractivity contribution < 1.29 is 4.79 Å². The summed E-state index contributed by atoms with van der Waals surface area (Å²) < 4.78 is 0. The molecule has 0 spiro atoms. The summed E-state index contributed by atoms with van der Waals surface area (Å²) in [5, 5.41) is 10.8. The van der Waals surface area contributed by atoms with E-state index in [1.807, 2.05) is 25.8 Å². The van der Waals surface area contributed by atoms with Crippen LogP contribution < -0.4 is 16.0 Å². The van der Waals surface area contributed by atoms with E-state index in [0.29, 0.717) is 18.8 Å². The lowest BCUT2D eigenvalue weighted by molar-refractivity contribution is -0.120. The van der Waals surface area contributed by atoms with Crippen LogP contribution in [0.2, 0.25) is 0 Å². The maximum Gasteiger partial charge on any atom is 0.221 e. The fraction of sp³-hybridized carbons (Fsp3) is 0.500. The van der Waals surface area contributed by atoms with Crippen molar-refractivity contribution >= 4 is 28.9 Å². The number of anilines is 1. The Kier molecular flexibility index (Phi) is 5.17. The van der Waals surface area contributed by atoms with Gasteiger partial charge in [-0.1, -0.05) is 12.2 Å². The molecule has 0 aromatic carbocycles. The molecule has 0 saturated carbocycles. The molecule has 19 heavy (non-hydrogen) atoms. The number of nitrogens with two attached hydrogens (primary N) is 1. The molecule has 6 nitrogen and oxygen atoms in total. The van der Waals surface area contributed by atoms with Crippen molar-refractivity contribution in [3.05, 3.63) is 16.8 Å². The van der Waals surface area contributed by atoms with Crippen LogP contribution in [0, 0.1) is 13.8 Å². The standard InChI is InChI=1S/C12H19N5OS/c1-7-8(2)15-16-12(10(7)11(13)19)17(4)6-5-9(18)14-3/h5-6H2,1-4H3,(H2,13,19)(H,14,18). The third-order valence-corrected chi connectivity index (χ3v) is 3.20. The van der Waals surface area contributed by atoms with Gasteiger partial charge in [-0.25, -0.2) is 0 Å². The SMILES string of the molecule is CNC(=O)CCN(C)c1nnc(C)c(C)c1C(N)=S. The Balaban J connectivity index is 3.03. The topological polar surface area (TPSA) is 84.1 Å². The van der Waals surface area contributed by atoms with E-state index in [4.69, 9.17) is 18.0 Å². The average Bonchev–Trinajstić information content (AvgIpc) is 2.37. The highest BCUT2D eigenvalue weighted by atomic mass is 32.1. The fourth-order valence-electron chi connectivity index (χ4n) is 1.66. The van der Waals surface area contributed by atoms with Gasteiger partial charge in [0.1, 0.15) is 4.99 Å². The zero-order valence-electron chi connectivity index (χ0n) is 11.6. The number of aromatic nitrogens is 2. The van der Waals surface area contributed by atoms with Crippen molar-refractivity contribution in [1.82, 2.24) is 15.5 Å². The van der Waals surface area contributed by atoms with Crippen LogP contribution >= 0.6 is 12.2 Å². The Bertz CT molecular complexity index is 503. The van der Waals surface area contributed by atoms with Crippen molar-refractivity contribution in [1.29, 1.82) is 0 Å². The molecule has 7 heteroatoms. The van der Waals surface area contributed by atoms with Crippen molar-refractivity contribution in [3.8, 4) is 0 Å². The molecular weight excluding hydrogens is 262 g/mol. The second-order valence-corrected chi connectivity index (χ2v) is 4.76. The van der Waals surface area contributed by atoms with Crippen molar-refractivity contribution in [2.45, 2.75) is 20.3 Å². The second-order valence-electron chi connectivity index (χ2n) is 4.32. The molecule has 1 rings (SSSR count). The molecule has 0 saturated heterocycles. The Morgan fingerprint density at radius 2 is 2.05 bits per heavy atom. The number of aryl methyl sites for hydroxylation is 1. The molecular formula is C12H19N5OS. The summed E-state index contributed by atoms with van der Waals surface area (Å²) in [7, 11) is 3.45. The summed E-state index contributed by atoms with van der Waals surface area (Å²) in [5.41, 5.74) is 8.20. The van der Waals surface area contributed by atoms with Crippen LogP contribution in [0.5, 0.6) is 0 Å². The number of hydrogen-bond acceptors (Lipinski definition) is 5. The minimum atomic E-state index is -0.0273. The highest BCUT2D eigenvalue weighted by Gasteiger charge is 2.17. The molecule has 0 unspecified atom stereocenters. The first-order valence-corrected chi connectivity index (χ1v) is 6.34. The Morgan fingerprint density at radius 3 is 2.58 bits per heavy atom. The van der Waals surface area contributed by atoms with E-state index < -0.39 is 0 Å². The van der Waals surface area contributed by atoms with Gasteiger partial charge in [0, 0.05) is 27.1 Å². The lowest BCUT2D eigenvalue weighted by Gasteiger charge is -2.21. The van der Waals surface area contributed by atoms with E-state index >= 15 is 0 Å². The van der Waals surface area contributed by atoms with Crippen LogP contribution in [-0.2, 0) is 4.79 Å². The lowest BCUT2D eigenvalue weighted by atomic mass is 10.1. The minimum absolute atomic E-state index is 0.0273. The van der Waals surface area contributed by atoms with Gasteiger partial charge in [0.05, 0.1) is 11.3 Å². The average molecular weight is 281 g/mol. The Morgan fingerprint density at radius 1 is 1.42 bits per heavy atom. The van der Waals surface area contributed by atoms with E-state index in [9.17, 15) is 4.79 Å². The van der Waals surface area contributed by atoms with Crippen LogP contribution in [0.15, 0.2) is 0 Å². The summed E-state index contributed by atoms with van der Waals surface area (Å²) in [6.07, 6.45) is 0.373. The molecule has 1 aromatic rings. The number of nitrogens with one attached hydrogen (secondary N) is 1. The van der Waals surface area contributed by atoms with Gasteiger partial charge in [-0.2, -0.15) is 5.10 Å². The zero-order chi connectivity index (χ0) is 14.6. The van der Waals surface area contributed by atoms with Crippen LogP contribution in [0.3, 0.4) is 0 Å². The maximum absolute atomic E-state index is 11.3. The van der Waals surface area contributed by atoms with E-state index in [2.05, 4.69) is 15.5 Å². The van der Waals surface area contributed by atoms with Crippen molar-refractivity contribution in [2.24, 2.45) is 5.73 Å². The fourth-order valence-corrected chi connectivity index (χ4v) is 1.90. The van der Waals surface area contributed by atoms with Gasteiger partial charge in [0.25, 0.3) is 0 Å². The molecule has 1 amide bonds. The molecule has 0 aliphatic rings. The first-order chi connectivity index (χ1) is 8.88. The smallest absolute Gasteiger partial charge is 0.221 e. The lowest BCUT2D eigenvalue weighted by Crippen LogP contribution is -2.29. The monoisotopic (exact) mass is 281 g/mol. The van der Waals surface area contributed by atoms with E-state index in [1.54, 1.807) is 7.05 Å². The minimum Gasteiger partial charge on any atom is -0.389 e. The Labute approximate surface area is 118 Å². The van der Waals surface area contributed by atoms with Crippen LogP contribution in [0.25, 0.3) is 0 Å². The molecule has 0 aliphatic heterocycles. The summed E-state index contributed by atoms with van der Waals surface area (Å²) >= 11 is 5.08. The normalized spacial score (nSPS) is 10.1. The second kappa shape index (κ2) is 6.42. The highest BCUT2D eigenvalue weighted by molar-refractivity contribution is 7.80. The van der Waals surface area contributed by atoms with Gasteiger partial charge in [0.15, 0.2) is 5.82 Å². The summed E-state index contributed by atoms with van der Waals surface area (Å²) in [6, 6.07) is 0. The Hall–Kier alpha value is -1.76. The number of carbonyl (C=O) groups excluding carboxylic acids is 1. The predicted molar refractivity (Wildman–Crippen MR) is 79.3 cm³/mol. The molecule has 3 N–H and O–H groups in total. The summed E-state index contributed by atoms with van der Waals surface area (Å²) in [5.74, 6) is 0.583. The van der Waals surface area contributed by atoms with Gasteiger partial charge in [-0.05, 0) is 19.4 Å².